The Labute approximate surface area is 81.3 Å². The molecular weight excluding hydrogens is 164 g/mol. The fraction of sp³-hybridized carbons (Fsp3) is 0.900. The van der Waals surface area contributed by atoms with Gasteiger partial charge in [0.25, 0.3) is 0 Å². The van der Waals surface area contributed by atoms with E-state index in [1.807, 2.05) is 6.92 Å². The van der Waals surface area contributed by atoms with Crippen LogP contribution in [0.3, 0.4) is 0 Å². The summed E-state index contributed by atoms with van der Waals surface area (Å²) in [5.74, 6) is 0.655. The van der Waals surface area contributed by atoms with Gasteiger partial charge in [-0.15, -0.1) is 0 Å². The third kappa shape index (κ3) is 4.27. The molecule has 0 saturated heterocycles. The van der Waals surface area contributed by atoms with Gasteiger partial charge in [-0.25, -0.2) is 0 Å². The zero-order valence-corrected chi connectivity index (χ0v) is 9.35. The average molecular weight is 186 g/mol. The van der Waals surface area contributed by atoms with Crippen molar-refractivity contribution in [3.63, 3.8) is 0 Å². The quantitative estimate of drug-likeness (QED) is 0.676. The van der Waals surface area contributed by atoms with Crippen LogP contribution in [-0.4, -0.2) is 25.0 Å². The number of carbonyl (C=O) groups excluding carboxylic acids is 1. The second-order valence-electron chi connectivity index (χ2n) is 3.68. The van der Waals surface area contributed by atoms with Crippen molar-refractivity contribution in [2.45, 2.75) is 46.2 Å². The Morgan fingerprint density at radius 2 is 1.85 bits per heavy atom. The van der Waals surface area contributed by atoms with Crippen molar-refractivity contribution in [1.82, 2.24) is 10.6 Å². The lowest BCUT2D eigenvalue weighted by molar-refractivity contribution is -0.122. The molecule has 2 unspecified atom stereocenters. The molecule has 0 aromatic heterocycles. The topological polar surface area (TPSA) is 41.1 Å². The molecule has 0 bridgehead atoms. The molecule has 0 rings (SSSR count). The van der Waals surface area contributed by atoms with Gasteiger partial charge in [-0.3, -0.25) is 4.79 Å². The molecule has 0 aromatic carbocycles. The van der Waals surface area contributed by atoms with Crippen LogP contribution in [0.15, 0.2) is 0 Å². The van der Waals surface area contributed by atoms with E-state index in [1.54, 1.807) is 7.05 Å². The first-order valence-corrected chi connectivity index (χ1v) is 5.00. The number of hydrogen-bond donors (Lipinski definition) is 2. The molecule has 0 aromatic rings. The van der Waals surface area contributed by atoms with Gasteiger partial charge >= 0.3 is 0 Å². The Balaban J connectivity index is 3.90. The van der Waals surface area contributed by atoms with Crippen LogP contribution in [-0.2, 0) is 4.79 Å². The van der Waals surface area contributed by atoms with Crippen molar-refractivity contribution < 1.29 is 4.79 Å². The molecule has 0 fully saturated rings. The second kappa shape index (κ2) is 5.97. The van der Waals surface area contributed by atoms with E-state index in [0.717, 1.165) is 6.42 Å². The predicted molar refractivity (Wildman–Crippen MR) is 55.6 cm³/mol. The number of hydrogen-bond acceptors (Lipinski definition) is 2. The summed E-state index contributed by atoms with van der Waals surface area (Å²) in [6.45, 7) is 8.35. The number of nitrogens with one attached hydrogen (secondary N) is 2. The molecular formula is C10H22N2O. The highest BCUT2D eigenvalue weighted by Gasteiger charge is 2.16. The van der Waals surface area contributed by atoms with Crippen LogP contribution in [0.25, 0.3) is 0 Å². The van der Waals surface area contributed by atoms with E-state index in [9.17, 15) is 4.79 Å². The smallest absolute Gasteiger partial charge is 0.236 e. The van der Waals surface area contributed by atoms with Gasteiger partial charge in [-0.1, -0.05) is 20.3 Å². The van der Waals surface area contributed by atoms with E-state index in [-0.39, 0.29) is 11.9 Å². The van der Waals surface area contributed by atoms with Crippen molar-refractivity contribution in [3.8, 4) is 0 Å². The van der Waals surface area contributed by atoms with Crippen LogP contribution in [0, 0.1) is 5.92 Å². The molecule has 3 heteroatoms. The molecule has 0 aliphatic rings. The largest absolute Gasteiger partial charge is 0.358 e. The monoisotopic (exact) mass is 186 g/mol. The van der Waals surface area contributed by atoms with E-state index in [2.05, 4.69) is 31.4 Å². The van der Waals surface area contributed by atoms with Crippen LogP contribution in [0.1, 0.15) is 34.1 Å². The Hall–Kier alpha value is -0.570. The summed E-state index contributed by atoms with van der Waals surface area (Å²) in [5.41, 5.74) is 0. The van der Waals surface area contributed by atoms with Crippen molar-refractivity contribution in [2.24, 2.45) is 5.92 Å². The summed E-state index contributed by atoms with van der Waals surface area (Å²) in [4.78, 5) is 11.2. The van der Waals surface area contributed by atoms with E-state index in [0.29, 0.717) is 12.0 Å². The van der Waals surface area contributed by atoms with Crippen LogP contribution < -0.4 is 10.6 Å². The molecule has 13 heavy (non-hydrogen) atoms. The zero-order chi connectivity index (χ0) is 10.4. The standard InChI is InChI=1S/C10H22N2O/c1-6-7(2)8(3)12-9(4)10(13)11-5/h7-9,12H,6H2,1-5H3,(H,11,13)/t7?,8?,9-/m1/s1. The summed E-state index contributed by atoms with van der Waals surface area (Å²) in [6.07, 6.45) is 1.13. The van der Waals surface area contributed by atoms with Gasteiger partial charge in [0.15, 0.2) is 0 Å². The highest BCUT2D eigenvalue weighted by molar-refractivity contribution is 5.80. The summed E-state index contributed by atoms with van der Waals surface area (Å²) in [5, 5.41) is 5.89. The first-order valence-electron chi connectivity index (χ1n) is 5.00. The normalized spacial score (nSPS) is 17.6. The lowest BCUT2D eigenvalue weighted by Crippen LogP contribution is -2.46. The van der Waals surface area contributed by atoms with Gasteiger partial charge < -0.3 is 10.6 Å². The minimum atomic E-state index is -0.103. The van der Waals surface area contributed by atoms with Gasteiger partial charge in [0.2, 0.25) is 5.91 Å². The van der Waals surface area contributed by atoms with Gasteiger partial charge in [-0.05, 0) is 19.8 Å². The van der Waals surface area contributed by atoms with Crippen LogP contribution in [0.5, 0.6) is 0 Å². The third-order valence-corrected chi connectivity index (χ3v) is 2.65. The molecule has 0 aliphatic heterocycles. The first kappa shape index (κ1) is 12.4. The summed E-state index contributed by atoms with van der Waals surface area (Å²) < 4.78 is 0. The Morgan fingerprint density at radius 1 is 1.31 bits per heavy atom. The fourth-order valence-corrected chi connectivity index (χ4v) is 1.20. The summed E-state index contributed by atoms with van der Waals surface area (Å²) in [7, 11) is 1.66. The highest BCUT2D eigenvalue weighted by Crippen LogP contribution is 2.07. The van der Waals surface area contributed by atoms with E-state index >= 15 is 0 Å². The average Bonchev–Trinajstić information content (AvgIpc) is 2.14. The predicted octanol–water partition coefficient (Wildman–Crippen LogP) is 1.15. The van der Waals surface area contributed by atoms with Crippen LogP contribution in [0.2, 0.25) is 0 Å². The van der Waals surface area contributed by atoms with E-state index in [1.165, 1.54) is 0 Å². The van der Waals surface area contributed by atoms with Crippen LogP contribution in [0.4, 0.5) is 0 Å². The Bertz CT molecular complexity index is 159. The van der Waals surface area contributed by atoms with Crippen molar-refractivity contribution in [3.05, 3.63) is 0 Å². The Morgan fingerprint density at radius 3 is 2.23 bits per heavy atom. The van der Waals surface area contributed by atoms with E-state index < -0.39 is 0 Å². The van der Waals surface area contributed by atoms with Crippen molar-refractivity contribution in [1.29, 1.82) is 0 Å². The van der Waals surface area contributed by atoms with Gasteiger partial charge in [0, 0.05) is 13.1 Å². The van der Waals surface area contributed by atoms with Gasteiger partial charge in [0.1, 0.15) is 0 Å². The van der Waals surface area contributed by atoms with E-state index in [4.69, 9.17) is 0 Å². The lowest BCUT2D eigenvalue weighted by atomic mass is 10.0. The highest BCUT2D eigenvalue weighted by atomic mass is 16.2. The third-order valence-electron chi connectivity index (χ3n) is 2.65. The number of rotatable bonds is 5. The maximum absolute atomic E-state index is 11.2. The SMILES string of the molecule is CCC(C)C(C)N[C@H](C)C(=O)NC. The molecule has 1 amide bonds. The van der Waals surface area contributed by atoms with Gasteiger partial charge in [0.05, 0.1) is 6.04 Å². The fourth-order valence-electron chi connectivity index (χ4n) is 1.20. The molecule has 0 saturated carbocycles. The number of carbonyl (C=O) groups is 1. The minimum absolute atomic E-state index is 0.0511. The molecule has 0 heterocycles. The molecule has 0 aliphatic carbocycles. The molecule has 0 radical (unpaired) electrons. The summed E-state index contributed by atoms with van der Waals surface area (Å²) in [6, 6.07) is 0.284. The maximum atomic E-state index is 11.2. The number of amides is 1. The molecule has 2 N–H and O–H groups in total. The second-order valence-corrected chi connectivity index (χ2v) is 3.68. The lowest BCUT2D eigenvalue weighted by Gasteiger charge is -2.23. The number of likely N-dealkylation sites (N-methyl/N-ethyl adjacent to an activating group) is 1. The molecule has 78 valence electrons. The zero-order valence-electron chi connectivity index (χ0n) is 9.35. The summed E-state index contributed by atoms with van der Waals surface area (Å²) >= 11 is 0. The van der Waals surface area contributed by atoms with Crippen LogP contribution >= 0.6 is 0 Å². The van der Waals surface area contributed by atoms with Gasteiger partial charge in [-0.2, -0.15) is 0 Å². The molecule has 3 atom stereocenters. The first-order chi connectivity index (χ1) is 6.02. The minimum Gasteiger partial charge on any atom is -0.358 e. The molecule has 3 nitrogen and oxygen atoms in total. The Kier molecular flexibility index (Phi) is 5.71. The maximum Gasteiger partial charge on any atom is 0.236 e. The molecule has 0 spiro atoms. The van der Waals surface area contributed by atoms with Crippen molar-refractivity contribution in [2.75, 3.05) is 7.05 Å². The van der Waals surface area contributed by atoms with Crippen molar-refractivity contribution >= 4 is 5.91 Å².